The Hall–Kier alpha value is -1.06. The number of aliphatic hydroxyl groups excluding tert-OH is 1. The van der Waals surface area contributed by atoms with Gasteiger partial charge >= 0.3 is 0 Å². The summed E-state index contributed by atoms with van der Waals surface area (Å²) in [5.74, 6) is 1.41. The zero-order chi connectivity index (χ0) is 14.9. The van der Waals surface area contributed by atoms with E-state index in [4.69, 9.17) is 4.74 Å². The number of fused-ring (bicyclic) bond motifs is 1. The second kappa shape index (κ2) is 5.98. The molecular formula is C18H27NO2. The second-order valence-corrected chi connectivity index (χ2v) is 7.43. The zero-order valence-corrected chi connectivity index (χ0v) is 13.2. The topological polar surface area (TPSA) is 32.7 Å². The van der Waals surface area contributed by atoms with Crippen molar-refractivity contribution >= 4 is 0 Å². The molecule has 0 amide bonds. The molecule has 3 rings (SSSR count). The molecule has 3 heteroatoms. The van der Waals surface area contributed by atoms with Crippen molar-refractivity contribution in [3.63, 3.8) is 0 Å². The monoisotopic (exact) mass is 289 g/mol. The lowest BCUT2D eigenvalue weighted by Gasteiger charge is -2.40. The van der Waals surface area contributed by atoms with Crippen LogP contribution in [0, 0.1) is 11.3 Å². The Balaban J connectivity index is 1.67. The molecule has 1 fully saturated rings. The SMILES string of the molecule is CC1(C)CCC(O)C(CN2CCOc3ccccc3C2)C1. The fourth-order valence-electron chi connectivity index (χ4n) is 3.78. The summed E-state index contributed by atoms with van der Waals surface area (Å²) in [7, 11) is 0. The third-order valence-electron chi connectivity index (χ3n) is 5.00. The molecule has 2 aliphatic rings. The molecule has 1 heterocycles. The number of para-hydroxylation sites is 1. The first-order valence-corrected chi connectivity index (χ1v) is 8.15. The van der Waals surface area contributed by atoms with Gasteiger partial charge < -0.3 is 9.84 Å². The Labute approximate surface area is 127 Å². The van der Waals surface area contributed by atoms with E-state index >= 15 is 0 Å². The summed E-state index contributed by atoms with van der Waals surface area (Å²) in [4.78, 5) is 2.45. The van der Waals surface area contributed by atoms with Gasteiger partial charge in [-0.25, -0.2) is 0 Å². The molecule has 1 saturated carbocycles. The molecule has 0 bridgehead atoms. The molecular weight excluding hydrogens is 262 g/mol. The molecule has 0 aromatic heterocycles. The number of aliphatic hydroxyl groups is 1. The maximum absolute atomic E-state index is 10.3. The van der Waals surface area contributed by atoms with Crippen molar-refractivity contribution < 1.29 is 9.84 Å². The zero-order valence-electron chi connectivity index (χ0n) is 13.2. The van der Waals surface area contributed by atoms with E-state index in [0.29, 0.717) is 11.3 Å². The highest BCUT2D eigenvalue weighted by Crippen LogP contribution is 2.39. The number of ether oxygens (including phenoxy) is 1. The molecule has 1 aliphatic heterocycles. The normalized spacial score (nSPS) is 29.3. The van der Waals surface area contributed by atoms with Gasteiger partial charge in [0, 0.05) is 25.2 Å². The van der Waals surface area contributed by atoms with Gasteiger partial charge in [-0.15, -0.1) is 0 Å². The summed E-state index contributed by atoms with van der Waals surface area (Å²) in [6.07, 6.45) is 3.06. The first kappa shape index (κ1) is 14.9. The van der Waals surface area contributed by atoms with Crippen molar-refractivity contribution in [3.8, 4) is 5.75 Å². The molecule has 1 aliphatic carbocycles. The van der Waals surface area contributed by atoms with Crippen LogP contribution in [0.3, 0.4) is 0 Å². The Morgan fingerprint density at radius 3 is 3.00 bits per heavy atom. The summed E-state index contributed by atoms with van der Waals surface area (Å²) in [6, 6.07) is 8.30. The summed E-state index contributed by atoms with van der Waals surface area (Å²) in [5, 5.41) is 10.3. The van der Waals surface area contributed by atoms with Crippen LogP contribution in [0.25, 0.3) is 0 Å². The van der Waals surface area contributed by atoms with Crippen molar-refractivity contribution in [1.29, 1.82) is 0 Å². The molecule has 2 atom stereocenters. The van der Waals surface area contributed by atoms with E-state index in [1.54, 1.807) is 0 Å². The van der Waals surface area contributed by atoms with Crippen LogP contribution in [0.15, 0.2) is 24.3 Å². The molecule has 1 aromatic carbocycles. The molecule has 1 N–H and O–H groups in total. The minimum atomic E-state index is -0.141. The second-order valence-electron chi connectivity index (χ2n) is 7.43. The van der Waals surface area contributed by atoms with Crippen molar-refractivity contribution in [2.45, 2.75) is 45.8 Å². The largest absolute Gasteiger partial charge is 0.492 e. The lowest BCUT2D eigenvalue weighted by molar-refractivity contribution is 0.00244. The van der Waals surface area contributed by atoms with Gasteiger partial charge in [0.25, 0.3) is 0 Å². The standard InChI is InChI=1S/C18H27NO2/c1-18(2)8-7-16(20)15(11-18)13-19-9-10-21-17-6-4-3-5-14(17)12-19/h3-6,15-16,20H,7-13H2,1-2H3. The van der Waals surface area contributed by atoms with E-state index < -0.39 is 0 Å². The summed E-state index contributed by atoms with van der Waals surface area (Å²) >= 11 is 0. The Bertz CT molecular complexity index is 486. The van der Waals surface area contributed by atoms with Gasteiger partial charge in [-0.2, -0.15) is 0 Å². The number of hydrogen-bond acceptors (Lipinski definition) is 3. The number of hydrogen-bond donors (Lipinski definition) is 1. The van der Waals surface area contributed by atoms with Crippen LogP contribution in [0.5, 0.6) is 5.75 Å². The quantitative estimate of drug-likeness (QED) is 0.908. The van der Waals surface area contributed by atoms with Gasteiger partial charge in [0.2, 0.25) is 0 Å². The molecule has 2 unspecified atom stereocenters. The van der Waals surface area contributed by atoms with Crippen molar-refractivity contribution in [3.05, 3.63) is 29.8 Å². The first-order valence-electron chi connectivity index (χ1n) is 8.15. The third-order valence-corrected chi connectivity index (χ3v) is 5.00. The minimum absolute atomic E-state index is 0.141. The van der Waals surface area contributed by atoms with Gasteiger partial charge in [-0.05, 0) is 36.7 Å². The van der Waals surface area contributed by atoms with Gasteiger partial charge in [-0.1, -0.05) is 32.0 Å². The van der Waals surface area contributed by atoms with Crippen LogP contribution in [-0.4, -0.2) is 35.8 Å². The van der Waals surface area contributed by atoms with E-state index in [1.807, 2.05) is 6.07 Å². The number of benzene rings is 1. The summed E-state index contributed by atoms with van der Waals surface area (Å²) in [5.41, 5.74) is 1.63. The van der Waals surface area contributed by atoms with Gasteiger partial charge in [0.1, 0.15) is 12.4 Å². The molecule has 116 valence electrons. The molecule has 21 heavy (non-hydrogen) atoms. The Morgan fingerprint density at radius 1 is 1.33 bits per heavy atom. The van der Waals surface area contributed by atoms with Gasteiger partial charge in [-0.3, -0.25) is 4.90 Å². The van der Waals surface area contributed by atoms with Crippen molar-refractivity contribution in [1.82, 2.24) is 4.90 Å². The average Bonchev–Trinajstić information content (AvgIpc) is 2.64. The van der Waals surface area contributed by atoms with Gasteiger partial charge in [0.05, 0.1) is 6.10 Å². The van der Waals surface area contributed by atoms with E-state index in [1.165, 1.54) is 5.56 Å². The van der Waals surface area contributed by atoms with Crippen LogP contribution >= 0.6 is 0 Å². The first-order chi connectivity index (χ1) is 10.0. The van der Waals surface area contributed by atoms with E-state index in [9.17, 15) is 5.11 Å². The molecule has 1 aromatic rings. The Kier molecular flexibility index (Phi) is 4.23. The average molecular weight is 289 g/mol. The number of nitrogens with zero attached hydrogens (tertiary/aromatic N) is 1. The molecule has 0 saturated heterocycles. The maximum atomic E-state index is 10.3. The Morgan fingerprint density at radius 2 is 2.14 bits per heavy atom. The predicted octanol–water partition coefficient (Wildman–Crippen LogP) is 3.07. The summed E-state index contributed by atoms with van der Waals surface area (Å²) in [6.45, 7) is 8.24. The van der Waals surface area contributed by atoms with E-state index in [-0.39, 0.29) is 6.10 Å². The molecule has 3 nitrogen and oxygen atoms in total. The van der Waals surface area contributed by atoms with Gasteiger partial charge in [0.15, 0.2) is 0 Å². The van der Waals surface area contributed by atoms with Crippen LogP contribution < -0.4 is 4.74 Å². The molecule has 0 spiro atoms. The van der Waals surface area contributed by atoms with Crippen LogP contribution in [0.4, 0.5) is 0 Å². The molecule has 0 radical (unpaired) electrons. The lowest BCUT2D eigenvalue weighted by Crippen LogP contribution is -2.41. The smallest absolute Gasteiger partial charge is 0.123 e. The minimum Gasteiger partial charge on any atom is -0.492 e. The fraction of sp³-hybridized carbons (Fsp3) is 0.667. The van der Waals surface area contributed by atoms with E-state index in [2.05, 4.69) is 36.9 Å². The maximum Gasteiger partial charge on any atom is 0.123 e. The summed E-state index contributed by atoms with van der Waals surface area (Å²) < 4.78 is 5.83. The van der Waals surface area contributed by atoms with Crippen LogP contribution in [0.2, 0.25) is 0 Å². The number of rotatable bonds is 2. The third kappa shape index (κ3) is 3.58. The lowest BCUT2D eigenvalue weighted by atomic mass is 9.70. The predicted molar refractivity (Wildman–Crippen MR) is 84.3 cm³/mol. The highest BCUT2D eigenvalue weighted by Gasteiger charge is 2.35. The fourth-order valence-corrected chi connectivity index (χ4v) is 3.78. The highest BCUT2D eigenvalue weighted by molar-refractivity contribution is 5.33. The van der Waals surface area contributed by atoms with Crippen LogP contribution in [0.1, 0.15) is 38.7 Å². The van der Waals surface area contributed by atoms with Crippen molar-refractivity contribution in [2.75, 3.05) is 19.7 Å². The van der Waals surface area contributed by atoms with Crippen LogP contribution in [-0.2, 0) is 6.54 Å². The van der Waals surface area contributed by atoms with E-state index in [0.717, 1.165) is 51.3 Å². The van der Waals surface area contributed by atoms with Crippen molar-refractivity contribution in [2.24, 2.45) is 11.3 Å². The highest BCUT2D eigenvalue weighted by atomic mass is 16.5.